The second kappa shape index (κ2) is 6.05. The molecule has 1 unspecified atom stereocenters. The zero-order valence-electron chi connectivity index (χ0n) is 11.6. The van der Waals surface area contributed by atoms with Crippen LogP contribution in [0.25, 0.3) is 11.0 Å². The number of nitrogens with one attached hydrogen (secondary N) is 1. The summed E-state index contributed by atoms with van der Waals surface area (Å²) < 4.78 is 6.08. The Hall–Kier alpha value is -1.28. The molecule has 0 radical (unpaired) electrons. The average Bonchev–Trinajstić information content (AvgIpc) is 2.83. The van der Waals surface area contributed by atoms with Gasteiger partial charge in [0.05, 0.1) is 6.04 Å². The molecule has 2 nitrogen and oxygen atoms in total. The van der Waals surface area contributed by atoms with Gasteiger partial charge in [0.15, 0.2) is 0 Å². The van der Waals surface area contributed by atoms with Crippen LogP contribution in [-0.4, -0.2) is 6.54 Å². The van der Waals surface area contributed by atoms with Crippen LogP contribution < -0.4 is 5.32 Å². The fourth-order valence-electron chi connectivity index (χ4n) is 2.36. The van der Waals surface area contributed by atoms with Crippen molar-refractivity contribution in [2.45, 2.75) is 46.1 Å². The monoisotopic (exact) mass is 245 g/mol. The van der Waals surface area contributed by atoms with Crippen molar-refractivity contribution in [3.05, 3.63) is 35.6 Å². The lowest BCUT2D eigenvalue weighted by molar-refractivity contribution is 0.420. The maximum Gasteiger partial charge on any atom is 0.137 e. The number of furan rings is 1. The van der Waals surface area contributed by atoms with E-state index in [0.717, 1.165) is 37.2 Å². The van der Waals surface area contributed by atoms with E-state index in [4.69, 9.17) is 4.42 Å². The normalized spacial score (nSPS) is 13.1. The van der Waals surface area contributed by atoms with Crippen LogP contribution in [0, 0.1) is 0 Å². The molecule has 0 aliphatic rings. The molecule has 1 aromatic carbocycles. The molecule has 0 aliphatic heterocycles. The van der Waals surface area contributed by atoms with Crippen LogP contribution in [0.5, 0.6) is 0 Å². The van der Waals surface area contributed by atoms with E-state index in [1.807, 2.05) is 0 Å². The molecule has 2 rings (SSSR count). The lowest BCUT2D eigenvalue weighted by Gasteiger charge is -2.13. The number of aryl methyl sites for hydroxylation is 1. The molecule has 0 saturated heterocycles. The fourth-order valence-corrected chi connectivity index (χ4v) is 2.36. The highest BCUT2D eigenvalue weighted by Gasteiger charge is 2.14. The van der Waals surface area contributed by atoms with E-state index >= 15 is 0 Å². The van der Waals surface area contributed by atoms with Crippen molar-refractivity contribution in [2.75, 3.05) is 6.54 Å². The molecule has 0 amide bonds. The van der Waals surface area contributed by atoms with E-state index in [1.165, 1.54) is 10.9 Å². The van der Waals surface area contributed by atoms with E-state index in [0.29, 0.717) is 6.04 Å². The van der Waals surface area contributed by atoms with E-state index in [2.05, 4.69) is 50.4 Å². The third-order valence-corrected chi connectivity index (χ3v) is 3.42. The van der Waals surface area contributed by atoms with Gasteiger partial charge in [-0.15, -0.1) is 0 Å². The Labute approximate surface area is 109 Å². The van der Waals surface area contributed by atoms with Gasteiger partial charge in [-0.25, -0.2) is 0 Å². The molecule has 0 fully saturated rings. The zero-order valence-corrected chi connectivity index (χ0v) is 11.6. The number of para-hydroxylation sites is 1. The Bertz CT molecular complexity index is 501. The van der Waals surface area contributed by atoms with E-state index in [9.17, 15) is 0 Å². The van der Waals surface area contributed by atoms with Gasteiger partial charge in [-0.05, 0) is 37.4 Å². The number of hydrogen-bond donors (Lipinski definition) is 1. The first kappa shape index (κ1) is 13.2. The maximum atomic E-state index is 6.08. The number of hydrogen-bond acceptors (Lipinski definition) is 2. The summed E-state index contributed by atoms with van der Waals surface area (Å²) in [5, 5.41) is 4.76. The largest absolute Gasteiger partial charge is 0.459 e. The molecule has 0 aliphatic carbocycles. The Kier molecular flexibility index (Phi) is 4.43. The highest BCUT2D eigenvalue weighted by atomic mass is 16.3. The highest BCUT2D eigenvalue weighted by Crippen LogP contribution is 2.28. The van der Waals surface area contributed by atoms with Crippen LogP contribution in [0.4, 0.5) is 0 Å². The third kappa shape index (κ3) is 2.59. The van der Waals surface area contributed by atoms with Crippen molar-refractivity contribution in [3.63, 3.8) is 0 Å². The van der Waals surface area contributed by atoms with Crippen LogP contribution in [0.1, 0.15) is 51.0 Å². The van der Waals surface area contributed by atoms with Gasteiger partial charge in [0.25, 0.3) is 0 Å². The highest BCUT2D eigenvalue weighted by molar-refractivity contribution is 5.81. The first-order valence-electron chi connectivity index (χ1n) is 7.04. The second-order valence-electron chi connectivity index (χ2n) is 4.75. The van der Waals surface area contributed by atoms with E-state index in [1.54, 1.807) is 0 Å². The molecule has 1 N–H and O–H groups in total. The maximum absolute atomic E-state index is 6.08. The molecule has 2 aromatic rings. The van der Waals surface area contributed by atoms with Crippen molar-refractivity contribution in [3.8, 4) is 0 Å². The van der Waals surface area contributed by atoms with E-state index in [-0.39, 0.29) is 0 Å². The summed E-state index contributed by atoms with van der Waals surface area (Å²) in [7, 11) is 0. The summed E-state index contributed by atoms with van der Waals surface area (Å²) >= 11 is 0. The molecule has 1 heterocycles. The van der Waals surface area contributed by atoms with Crippen LogP contribution in [0.15, 0.2) is 28.7 Å². The van der Waals surface area contributed by atoms with Gasteiger partial charge < -0.3 is 9.73 Å². The Morgan fingerprint density at radius 2 is 2.06 bits per heavy atom. The summed E-state index contributed by atoms with van der Waals surface area (Å²) in [5.74, 6) is 1.07. The van der Waals surface area contributed by atoms with Gasteiger partial charge >= 0.3 is 0 Å². The third-order valence-electron chi connectivity index (χ3n) is 3.42. The standard InChI is InChI=1S/C16H23NO/c1-4-10-17-14(6-3)15-11-13-9-7-8-12(5-2)16(13)18-15/h7-9,11,14,17H,4-6,10H2,1-3H3. The Morgan fingerprint density at radius 3 is 2.72 bits per heavy atom. The Morgan fingerprint density at radius 1 is 1.22 bits per heavy atom. The smallest absolute Gasteiger partial charge is 0.137 e. The van der Waals surface area contributed by atoms with Gasteiger partial charge in [-0.1, -0.05) is 39.0 Å². The van der Waals surface area contributed by atoms with Crippen LogP contribution in [-0.2, 0) is 6.42 Å². The molecule has 1 atom stereocenters. The molecule has 1 aromatic heterocycles. The minimum atomic E-state index is 0.335. The molecule has 0 saturated carbocycles. The molecule has 0 bridgehead atoms. The number of fused-ring (bicyclic) bond motifs is 1. The van der Waals surface area contributed by atoms with Crippen molar-refractivity contribution < 1.29 is 4.42 Å². The predicted molar refractivity (Wildman–Crippen MR) is 76.9 cm³/mol. The topological polar surface area (TPSA) is 25.2 Å². The predicted octanol–water partition coefficient (Wildman–Crippen LogP) is 4.45. The van der Waals surface area contributed by atoms with Crippen LogP contribution in [0.2, 0.25) is 0 Å². The first-order chi connectivity index (χ1) is 8.80. The molecular formula is C16H23NO. The molecule has 18 heavy (non-hydrogen) atoms. The molecule has 98 valence electrons. The van der Waals surface area contributed by atoms with Crippen molar-refractivity contribution in [2.24, 2.45) is 0 Å². The van der Waals surface area contributed by atoms with Crippen molar-refractivity contribution >= 4 is 11.0 Å². The van der Waals surface area contributed by atoms with Gasteiger partial charge in [0.1, 0.15) is 11.3 Å². The summed E-state index contributed by atoms with van der Waals surface area (Å²) in [6, 6.07) is 8.91. The lowest BCUT2D eigenvalue weighted by Crippen LogP contribution is -2.20. The minimum Gasteiger partial charge on any atom is -0.459 e. The number of rotatable bonds is 6. The molecule has 0 spiro atoms. The fraction of sp³-hybridized carbons (Fsp3) is 0.500. The number of benzene rings is 1. The molecule has 2 heteroatoms. The molecular weight excluding hydrogens is 222 g/mol. The first-order valence-corrected chi connectivity index (χ1v) is 7.04. The van der Waals surface area contributed by atoms with Gasteiger partial charge in [-0.2, -0.15) is 0 Å². The van der Waals surface area contributed by atoms with Gasteiger partial charge in [0, 0.05) is 5.39 Å². The van der Waals surface area contributed by atoms with E-state index < -0.39 is 0 Å². The van der Waals surface area contributed by atoms with Crippen molar-refractivity contribution in [1.82, 2.24) is 5.32 Å². The van der Waals surface area contributed by atoms with Gasteiger partial charge in [-0.3, -0.25) is 0 Å². The van der Waals surface area contributed by atoms with Crippen molar-refractivity contribution in [1.29, 1.82) is 0 Å². The van der Waals surface area contributed by atoms with Crippen LogP contribution in [0.3, 0.4) is 0 Å². The van der Waals surface area contributed by atoms with Gasteiger partial charge in [0.2, 0.25) is 0 Å². The summed E-state index contributed by atoms with van der Waals surface area (Å²) in [5.41, 5.74) is 2.36. The minimum absolute atomic E-state index is 0.335. The second-order valence-corrected chi connectivity index (χ2v) is 4.75. The quantitative estimate of drug-likeness (QED) is 0.813. The lowest BCUT2D eigenvalue weighted by atomic mass is 10.1. The summed E-state index contributed by atoms with van der Waals surface area (Å²) in [6.45, 7) is 7.59. The summed E-state index contributed by atoms with van der Waals surface area (Å²) in [4.78, 5) is 0. The Balaban J connectivity index is 2.33. The SMILES string of the molecule is CCCNC(CC)c1cc2cccc(CC)c2o1. The average molecular weight is 245 g/mol. The zero-order chi connectivity index (χ0) is 13.0. The summed E-state index contributed by atoms with van der Waals surface area (Å²) in [6.07, 6.45) is 3.22. The van der Waals surface area contributed by atoms with Crippen LogP contribution >= 0.6 is 0 Å².